The van der Waals surface area contributed by atoms with Crippen LogP contribution in [0.4, 0.5) is 4.39 Å². The lowest BCUT2D eigenvalue weighted by Gasteiger charge is -2.10. The van der Waals surface area contributed by atoms with Gasteiger partial charge in [-0.3, -0.25) is 4.79 Å². The van der Waals surface area contributed by atoms with Crippen molar-refractivity contribution in [3.63, 3.8) is 0 Å². The van der Waals surface area contributed by atoms with Crippen LogP contribution in [0.1, 0.15) is 25.7 Å². The number of hydrogen-bond acceptors (Lipinski definition) is 3. The molecule has 1 amide bonds. The van der Waals surface area contributed by atoms with Gasteiger partial charge >= 0.3 is 0 Å². The molecular formula is C15H20FNO2S. The predicted molar refractivity (Wildman–Crippen MR) is 79.6 cm³/mol. The zero-order valence-corrected chi connectivity index (χ0v) is 12.3. The fraction of sp³-hybridized carbons (Fsp3) is 0.533. The highest BCUT2D eigenvalue weighted by molar-refractivity contribution is 7.99. The van der Waals surface area contributed by atoms with Gasteiger partial charge in [-0.05, 0) is 25.0 Å². The summed E-state index contributed by atoms with van der Waals surface area (Å²) in [5, 5.41) is 3.55. The molecule has 0 spiro atoms. The van der Waals surface area contributed by atoms with E-state index >= 15 is 0 Å². The van der Waals surface area contributed by atoms with Crippen LogP contribution in [0.3, 0.4) is 0 Å². The predicted octanol–water partition coefficient (Wildman–Crippen LogP) is 3.00. The molecule has 110 valence electrons. The maximum Gasteiger partial charge on any atom is 0.257 e. The first-order valence-corrected chi connectivity index (χ1v) is 8.06. The van der Waals surface area contributed by atoms with Gasteiger partial charge in [0.15, 0.2) is 18.2 Å². The van der Waals surface area contributed by atoms with Crippen molar-refractivity contribution in [1.29, 1.82) is 0 Å². The lowest BCUT2D eigenvalue weighted by Crippen LogP contribution is -2.31. The average Bonchev–Trinajstić information content (AvgIpc) is 2.96. The van der Waals surface area contributed by atoms with E-state index in [0.29, 0.717) is 6.54 Å². The monoisotopic (exact) mass is 297 g/mol. The molecule has 1 aliphatic rings. The molecule has 0 saturated heterocycles. The van der Waals surface area contributed by atoms with Gasteiger partial charge in [0.05, 0.1) is 0 Å². The van der Waals surface area contributed by atoms with Gasteiger partial charge in [0.25, 0.3) is 5.91 Å². The molecule has 1 aromatic rings. The summed E-state index contributed by atoms with van der Waals surface area (Å²) in [6, 6.07) is 6.08. The van der Waals surface area contributed by atoms with Gasteiger partial charge in [0.1, 0.15) is 0 Å². The second-order valence-corrected chi connectivity index (χ2v) is 6.25. The zero-order chi connectivity index (χ0) is 14.2. The van der Waals surface area contributed by atoms with Crippen LogP contribution in [0, 0.1) is 5.82 Å². The van der Waals surface area contributed by atoms with E-state index in [4.69, 9.17) is 4.74 Å². The third-order valence-corrected chi connectivity index (χ3v) is 4.66. The number of rotatable bonds is 7. The molecule has 20 heavy (non-hydrogen) atoms. The Morgan fingerprint density at radius 3 is 2.85 bits per heavy atom. The number of para-hydroxylation sites is 1. The van der Waals surface area contributed by atoms with Crippen molar-refractivity contribution in [2.75, 3.05) is 18.9 Å². The van der Waals surface area contributed by atoms with Crippen LogP contribution in [0.25, 0.3) is 0 Å². The quantitative estimate of drug-likeness (QED) is 0.786. The molecular weight excluding hydrogens is 277 g/mol. The highest BCUT2D eigenvalue weighted by Gasteiger charge is 2.14. The Morgan fingerprint density at radius 1 is 1.35 bits per heavy atom. The van der Waals surface area contributed by atoms with E-state index < -0.39 is 5.82 Å². The number of halogens is 1. The van der Waals surface area contributed by atoms with Gasteiger partial charge in [-0.1, -0.05) is 25.0 Å². The normalized spacial score (nSPS) is 15.2. The number of thioether (sulfide) groups is 1. The maximum atomic E-state index is 13.3. The third-order valence-electron chi connectivity index (χ3n) is 3.28. The molecule has 0 unspecified atom stereocenters. The maximum absolute atomic E-state index is 13.3. The lowest BCUT2D eigenvalue weighted by molar-refractivity contribution is -0.123. The van der Waals surface area contributed by atoms with E-state index in [0.717, 1.165) is 11.0 Å². The molecule has 0 aromatic heterocycles. The molecule has 0 heterocycles. The lowest BCUT2D eigenvalue weighted by atomic mass is 10.3. The summed E-state index contributed by atoms with van der Waals surface area (Å²) in [4.78, 5) is 11.6. The number of benzene rings is 1. The minimum absolute atomic E-state index is 0.114. The fourth-order valence-electron chi connectivity index (χ4n) is 2.23. The number of ether oxygens (including phenoxy) is 1. The Morgan fingerprint density at radius 2 is 2.10 bits per heavy atom. The van der Waals surface area contributed by atoms with Crippen molar-refractivity contribution in [3.8, 4) is 5.75 Å². The molecule has 1 N–H and O–H groups in total. The summed E-state index contributed by atoms with van der Waals surface area (Å²) in [6.07, 6.45) is 5.27. The van der Waals surface area contributed by atoms with Gasteiger partial charge in [-0.2, -0.15) is 11.8 Å². The Bertz CT molecular complexity index is 436. The zero-order valence-electron chi connectivity index (χ0n) is 11.4. The molecule has 2 rings (SSSR count). The number of amides is 1. The van der Waals surface area contributed by atoms with E-state index in [1.807, 2.05) is 11.8 Å². The molecule has 1 aliphatic carbocycles. The van der Waals surface area contributed by atoms with Crippen LogP contribution in [0.15, 0.2) is 24.3 Å². The van der Waals surface area contributed by atoms with E-state index in [1.165, 1.54) is 37.8 Å². The number of carbonyl (C=O) groups is 1. The smallest absolute Gasteiger partial charge is 0.257 e. The molecule has 5 heteroatoms. The minimum Gasteiger partial charge on any atom is -0.481 e. The Kier molecular flexibility index (Phi) is 6.18. The summed E-state index contributed by atoms with van der Waals surface area (Å²) in [5.41, 5.74) is 0. The molecule has 0 atom stereocenters. The first-order valence-electron chi connectivity index (χ1n) is 7.01. The van der Waals surface area contributed by atoms with Crippen LogP contribution in [0.5, 0.6) is 5.75 Å². The van der Waals surface area contributed by atoms with Crippen LogP contribution >= 0.6 is 11.8 Å². The van der Waals surface area contributed by atoms with Crippen molar-refractivity contribution >= 4 is 17.7 Å². The van der Waals surface area contributed by atoms with Gasteiger partial charge in [0, 0.05) is 17.5 Å². The molecule has 1 saturated carbocycles. The van der Waals surface area contributed by atoms with E-state index in [9.17, 15) is 9.18 Å². The van der Waals surface area contributed by atoms with E-state index in [2.05, 4.69) is 5.32 Å². The second-order valence-electron chi connectivity index (χ2n) is 4.85. The standard InChI is InChI=1S/C15H20FNO2S/c16-13-7-3-4-8-14(13)19-11-15(18)17-9-10-20-12-5-1-2-6-12/h3-4,7-8,12H,1-2,5-6,9-11H2,(H,17,18). The average molecular weight is 297 g/mol. The molecule has 3 nitrogen and oxygen atoms in total. The van der Waals surface area contributed by atoms with E-state index in [-0.39, 0.29) is 18.3 Å². The van der Waals surface area contributed by atoms with Gasteiger partial charge < -0.3 is 10.1 Å². The third kappa shape index (κ3) is 5.04. The first kappa shape index (κ1) is 15.2. The SMILES string of the molecule is O=C(COc1ccccc1F)NCCSC1CCCC1. The summed E-state index contributed by atoms with van der Waals surface area (Å²) in [7, 11) is 0. The largest absolute Gasteiger partial charge is 0.481 e. The summed E-state index contributed by atoms with van der Waals surface area (Å²) >= 11 is 1.93. The van der Waals surface area contributed by atoms with Crippen molar-refractivity contribution < 1.29 is 13.9 Å². The Hall–Kier alpha value is -1.23. The molecule has 1 fully saturated rings. The van der Waals surface area contributed by atoms with Crippen molar-refractivity contribution in [1.82, 2.24) is 5.32 Å². The molecule has 0 bridgehead atoms. The van der Waals surface area contributed by atoms with Gasteiger partial charge in [0.2, 0.25) is 0 Å². The summed E-state index contributed by atoms with van der Waals surface area (Å²) in [6.45, 7) is 0.496. The molecule has 0 radical (unpaired) electrons. The van der Waals surface area contributed by atoms with Crippen molar-refractivity contribution in [2.24, 2.45) is 0 Å². The van der Waals surface area contributed by atoms with Gasteiger partial charge in [-0.15, -0.1) is 0 Å². The van der Waals surface area contributed by atoms with Crippen molar-refractivity contribution in [2.45, 2.75) is 30.9 Å². The Balaban J connectivity index is 1.57. The number of carbonyl (C=O) groups excluding carboxylic acids is 1. The topological polar surface area (TPSA) is 38.3 Å². The highest BCUT2D eigenvalue weighted by Crippen LogP contribution is 2.28. The highest BCUT2D eigenvalue weighted by atomic mass is 32.2. The number of nitrogens with one attached hydrogen (secondary N) is 1. The van der Waals surface area contributed by atoms with Crippen LogP contribution in [0.2, 0.25) is 0 Å². The Labute approximate surface area is 123 Å². The fourth-order valence-corrected chi connectivity index (χ4v) is 3.45. The first-order chi connectivity index (χ1) is 9.75. The minimum atomic E-state index is -0.447. The van der Waals surface area contributed by atoms with Crippen LogP contribution in [-0.4, -0.2) is 30.1 Å². The number of hydrogen-bond donors (Lipinski definition) is 1. The molecule has 0 aliphatic heterocycles. The van der Waals surface area contributed by atoms with Crippen LogP contribution < -0.4 is 10.1 Å². The van der Waals surface area contributed by atoms with Gasteiger partial charge in [-0.25, -0.2) is 4.39 Å². The van der Waals surface area contributed by atoms with Crippen molar-refractivity contribution in [3.05, 3.63) is 30.1 Å². The molecule has 1 aromatic carbocycles. The second kappa shape index (κ2) is 8.15. The van der Waals surface area contributed by atoms with E-state index in [1.54, 1.807) is 12.1 Å². The summed E-state index contributed by atoms with van der Waals surface area (Å²) in [5.74, 6) is 0.385. The van der Waals surface area contributed by atoms with Crippen LogP contribution in [-0.2, 0) is 4.79 Å². The summed E-state index contributed by atoms with van der Waals surface area (Å²) < 4.78 is 18.4.